The Morgan fingerprint density at radius 1 is 1.50 bits per heavy atom. The van der Waals surface area contributed by atoms with E-state index in [1.54, 1.807) is 12.3 Å². The quantitative estimate of drug-likeness (QED) is 0.887. The van der Waals surface area contributed by atoms with Crippen molar-refractivity contribution in [1.82, 2.24) is 19.9 Å². The maximum absolute atomic E-state index is 12.3. The van der Waals surface area contributed by atoms with Gasteiger partial charge in [-0.15, -0.1) is 0 Å². The average molecular weight is 302 g/mol. The summed E-state index contributed by atoms with van der Waals surface area (Å²) in [5.74, 6) is 0.259. The van der Waals surface area contributed by atoms with Crippen LogP contribution in [-0.2, 0) is 11.3 Å². The molecule has 1 amide bonds. The number of imidazole rings is 1. The molecule has 0 bridgehead atoms. The van der Waals surface area contributed by atoms with Crippen molar-refractivity contribution in [1.29, 1.82) is 0 Å². The molecule has 1 saturated heterocycles. The molecule has 22 heavy (non-hydrogen) atoms. The van der Waals surface area contributed by atoms with E-state index in [0.29, 0.717) is 13.0 Å². The Kier molecular flexibility index (Phi) is 4.06. The highest BCUT2D eigenvalue weighted by atomic mass is 16.5. The van der Waals surface area contributed by atoms with Crippen LogP contribution < -0.4 is 5.32 Å². The smallest absolute Gasteiger partial charge is 0.274 e. The Labute approximate surface area is 128 Å². The van der Waals surface area contributed by atoms with Crippen molar-refractivity contribution in [3.05, 3.63) is 42.2 Å². The van der Waals surface area contributed by atoms with Crippen molar-refractivity contribution in [2.75, 3.05) is 6.61 Å². The van der Waals surface area contributed by atoms with Crippen molar-refractivity contribution in [2.45, 2.75) is 32.0 Å². The predicted octanol–water partition coefficient (Wildman–Crippen LogP) is 1.26. The Morgan fingerprint density at radius 2 is 2.36 bits per heavy atom. The Morgan fingerprint density at radius 3 is 3.14 bits per heavy atom. The van der Waals surface area contributed by atoms with Crippen LogP contribution in [0.1, 0.15) is 35.8 Å². The Hall–Kier alpha value is -2.41. The second-order valence-electron chi connectivity index (χ2n) is 5.10. The SMILES string of the molecule is CCn1ccnc1[C@H]1OCC[C@@H]1NC(=O)c1ncccc1O. The van der Waals surface area contributed by atoms with E-state index in [1.807, 2.05) is 17.7 Å². The zero-order valence-corrected chi connectivity index (χ0v) is 12.3. The van der Waals surface area contributed by atoms with Crippen molar-refractivity contribution in [2.24, 2.45) is 0 Å². The lowest BCUT2D eigenvalue weighted by Gasteiger charge is -2.20. The van der Waals surface area contributed by atoms with Gasteiger partial charge in [-0.05, 0) is 25.5 Å². The molecule has 0 radical (unpaired) electrons. The van der Waals surface area contributed by atoms with E-state index in [4.69, 9.17) is 4.74 Å². The lowest BCUT2D eigenvalue weighted by Crippen LogP contribution is -2.38. The third kappa shape index (κ3) is 2.67. The van der Waals surface area contributed by atoms with Crippen LogP contribution in [0.3, 0.4) is 0 Å². The number of nitrogens with zero attached hydrogens (tertiary/aromatic N) is 3. The van der Waals surface area contributed by atoms with Crippen LogP contribution in [0.25, 0.3) is 0 Å². The fraction of sp³-hybridized carbons (Fsp3) is 0.400. The third-order valence-electron chi connectivity index (χ3n) is 3.75. The van der Waals surface area contributed by atoms with Crippen LogP contribution in [0.2, 0.25) is 0 Å². The maximum atomic E-state index is 12.3. The van der Waals surface area contributed by atoms with Gasteiger partial charge in [-0.1, -0.05) is 0 Å². The van der Waals surface area contributed by atoms with Gasteiger partial charge in [0.25, 0.3) is 5.91 Å². The normalized spacial score (nSPS) is 21.0. The molecular weight excluding hydrogens is 284 g/mol. The van der Waals surface area contributed by atoms with Gasteiger partial charge in [0.1, 0.15) is 17.7 Å². The summed E-state index contributed by atoms with van der Waals surface area (Å²) in [4.78, 5) is 20.5. The van der Waals surface area contributed by atoms with Gasteiger partial charge in [0.15, 0.2) is 5.69 Å². The second-order valence-corrected chi connectivity index (χ2v) is 5.10. The molecule has 0 aromatic carbocycles. The number of aryl methyl sites for hydroxylation is 1. The molecule has 1 fully saturated rings. The van der Waals surface area contributed by atoms with E-state index in [0.717, 1.165) is 12.4 Å². The fourth-order valence-corrected chi connectivity index (χ4v) is 2.65. The number of hydrogen-bond acceptors (Lipinski definition) is 5. The highest BCUT2D eigenvalue weighted by Crippen LogP contribution is 2.28. The van der Waals surface area contributed by atoms with Gasteiger partial charge in [0.2, 0.25) is 0 Å². The number of pyridine rings is 1. The maximum Gasteiger partial charge on any atom is 0.274 e. The highest BCUT2D eigenvalue weighted by Gasteiger charge is 2.34. The van der Waals surface area contributed by atoms with Gasteiger partial charge >= 0.3 is 0 Å². The van der Waals surface area contributed by atoms with Gasteiger partial charge in [-0.2, -0.15) is 0 Å². The van der Waals surface area contributed by atoms with Crippen LogP contribution in [-0.4, -0.2) is 38.2 Å². The molecule has 2 aromatic rings. The molecule has 2 N–H and O–H groups in total. The monoisotopic (exact) mass is 302 g/mol. The molecular formula is C15H18N4O3. The largest absolute Gasteiger partial charge is 0.505 e. The summed E-state index contributed by atoms with van der Waals surface area (Å²) in [5, 5.41) is 12.6. The number of hydrogen-bond donors (Lipinski definition) is 2. The molecule has 2 atom stereocenters. The van der Waals surface area contributed by atoms with Crippen LogP contribution in [0.4, 0.5) is 0 Å². The molecule has 116 valence electrons. The molecule has 3 heterocycles. The van der Waals surface area contributed by atoms with Crippen molar-refractivity contribution >= 4 is 5.91 Å². The van der Waals surface area contributed by atoms with E-state index in [-0.39, 0.29) is 23.6 Å². The summed E-state index contributed by atoms with van der Waals surface area (Å²) >= 11 is 0. The molecule has 1 aliphatic heterocycles. The zero-order valence-electron chi connectivity index (χ0n) is 12.3. The summed E-state index contributed by atoms with van der Waals surface area (Å²) in [7, 11) is 0. The molecule has 2 aromatic heterocycles. The first-order chi connectivity index (χ1) is 10.7. The zero-order chi connectivity index (χ0) is 15.5. The van der Waals surface area contributed by atoms with Gasteiger partial charge in [-0.3, -0.25) is 4.79 Å². The molecule has 7 heteroatoms. The molecule has 0 saturated carbocycles. The van der Waals surface area contributed by atoms with E-state index < -0.39 is 5.91 Å². The molecule has 3 rings (SSSR count). The first-order valence-corrected chi connectivity index (χ1v) is 7.28. The second kappa shape index (κ2) is 6.15. The van der Waals surface area contributed by atoms with E-state index in [9.17, 15) is 9.90 Å². The minimum atomic E-state index is -0.409. The lowest BCUT2D eigenvalue weighted by molar-refractivity contribution is 0.0771. The number of nitrogens with one attached hydrogen (secondary N) is 1. The van der Waals surface area contributed by atoms with E-state index in [1.165, 1.54) is 12.3 Å². The molecule has 0 aliphatic carbocycles. The topological polar surface area (TPSA) is 89.3 Å². The summed E-state index contributed by atoms with van der Waals surface area (Å²) in [5.41, 5.74) is 0.0204. The summed E-state index contributed by atoms with van der Waals surface area (Å²) in [6.45, 7) is 3.37. The number of rotatable bonds is 4. The van der Waals surface area contributed by atoms with Gasteiger partial charge in [0, 0.05) is 31.7 Å². The Balaban J connectivity index is 1.77. The number of amides is 1. The molecule has 0 spiro atoms. The van der Waals surface area contributed by atoms with Crippen LogP contribution in [0.15, 0.2) is 30.7 Å². The predicted molar refractivity (Wildman–Crippen MR) is 78.4 cm³/mol. The van der Waals surface area contributed by atoms with Gasteiger partial charge < -0.3 is 19.7 Å². The number of carbonyl (C=O) groups excluding carboxylic acids is 1. The minimum Gasteiger partial charge on any atom is -0.505 e. The number of aromatic nitrogens is 3. The van der Waals surface area contributed by atoms with Gasteiger partial charge in [0.05, 0.1) is 6.04 Å². The molecule has 1 aliphatic rings. The minimum absolute atomic E-state index is 0.0204. The number of ether oxygens (including phenoxy) is 1. The van der Waals surface area contributed by atoms with Crippen molar-refractivity contribution in [3.8, 4) is 5.75 Å². The molecule has 0 unspecified atom stereocenters. The summed E-state index contributed by atoms with van der Waals surface area (Å²) in [6.07, 6.45) is 5.50. The third-order valence-corrected chi connectivity index (χ3v) is 3.75. The molecule has 7 nitrogen and oxygen atoms in total. The number of aromatic hydroxyl groups is 1. The fourth-order valence-electron chi connectivity index (χ4n) is 2.65. The van der Waals surface area contributed by atoms with Crippen LogP contribution in [0.5, 0.6) is 5.75 Å². The standard InChI is InChI=1S/C15H18N4O3/c1-2-19-8-7-17-14(19)13-10(5-9-22-13)18-15(21)12-11(20)4-3-6-16-12/h3-4,6-8,10,13,20H,2,5,9H2,1H3,(H,18,21)/t10-,13-/m0/s1. The van der Waals surface area contributed by atoms with Gasteiger partial charge in [-0.25, -0.2) is 9.97 Å². The number of carbonyl (C=O) groups is 1. The van der Waals surface area contributed by atoms with Crippen LogP contribution in [0, 0.1) is 0 Å². The Bertz CT molecular complexity index is 670. The van der Waals surface area contributed by atoms with Crippen LogP contribution >= 0.6 is 0 Å². The van der Waals surface area contributed by atoms with E-state index >= 15 is 0 Å². The van der Waals surface area contributed by atoms with E-state index in [2.05, 4.69) is 15.3 Å². The first kappa shape index (κ1) is 14.5. The van der Waals surface area contributed by atoms with Crippen molar-refractivity contribution in [3.63, 3.8) is 0 Å². The average Bonchev–Trinajstić information content (AvgIpc) is 3.15. The summed E-state index contributed by atoms with van der Waals surface area (Å²) in [6, 6.07) is 2.82. The van der Waals surface area contributed by atoms with Crippen molar-refractivity contribution < 1.29 is 14.6 Å². The highest BCUT2D eigenvalue weighted by molar-refractivity contribution is 5.94. The first-order valence-electron chi connectivity index (χ1n) is 7.28. The lowest BCUT2D eigenvalue weighted by atomic mass is 10.1. The summed E-state index contributed by atoms with van der Waals surface area (Å²) < 4.78 is 7.73.